The Bertz CT molecular complexity index is 2060. The van der Waals surface area contributed by atoms with Gasteiger partial charge < -0.3 is 8.98 Å². The van der Waals surface area contributed by atoms with Crippen LogP contribution in [0.5, 0.6) is 0 Å². The largest absolute Gasteiger partial charge is 0.456 e. The van der Waals surface area contributed by atoms with Crippen LogP contribution in [0.4, 0.5) is 0 Å². The third kappa shape index (κ3) is 2.59. The third-order valence-electron chi connectivity index (χ3n) is 6.99. The Morgan fingerprint density at radius 2 is 1.31 bits per heavy atom. The van der Waals surface area contributed by atoms with Gasteiger partial charge in [0, 0.05) is 32.9 Å². The summed E-state index contributed by atoms with van der Waals surface area (Å²) in [7, 11) is 0. The molecule has 0 atom stereocenters. The van der Waals surface area contributed by atoms with Crippen molar-refractivity contribution in [2.24, 2.45) is 0 Å². The summed E-state index contributed by atoms with van der Waals surface area (Å²) < 4.78 is 10.7. The van der Waals surface area contributed by atoms with E-state index in [-0.39, 0.29) is 0 Å². The van der Waals surface area contributed by atoms with E-state index >= 15 is 0 Å². The van der Waals surface area contributed by atoms with E-state index in [0.29, 0.717) is 0 Å². The van der Waals surface area contributed by atoms with Gasteiger partial charge in [-0.05, 0) is 54.6 Å². The minimum absolute atomic E-state index is 0.915. The number of aromatic nitrogens is 3. The zero-order chi connectivity index (χ0) is 22.9. The highest BCUT2D eigenvalue weighted by Crippen LogP contribution is 2.38. The molecule has 0 saturated heterocycles. The quantitative estimate of drug-likeness (QED) is 0.268. The third-order valence-corrected chi connectivity index (χ3v) is 6.99. The maximum Gasteiger partial charge on any atom is 0.136 e. The van der Waals surface area contributed by atoms with Crippen LogP contribution in [0.2, 0.25) is 0 Å². The van der Waals surface area contributed by atoms with E-state index in [1.54, 1.807) is 0 Å². The standard InChI is InChI=1S/C31H19N3O/c1-2-8-20(9-3-1)33-19-32-26-16-21(14-15-28(26)33)34-27-12-6-4-10-22(27)24-18-31-25(17-29(24)34)23-11-5-7-13-30(23)35-31/h1-19H. The van der Waals surface area contributed by atoms with E-state index < -0.39 is 0 Å². The number of benzene rings is 5. The molecule has 0 saturated carbocycles. The number of rotatable bonds is 2. The molecular weight excluding hydrogens is 430 g/mol. The summed E-state index contributed by atoms with van der Waals surface area (Å²) in [5.41, 5.74) is 8.41. The molecule has 0 aliphatic heterocycles. The molecule has 0 aliphatic rings. The lowest BCUT2D eigenvalue weighted by atomic mass is 10.1. The highest BCUT2D eigenvalue weighted by Gasteiger charge is 2.17. The average molecular weight is 450 g/mol. The van der Waals surface area contributed by atoms with Crippen LogP contribution in [-0.2, 0) is 0 Å². The van der Waals surface area contributed by atoms with Crippen LogP contribution in [-0.4, -0.2) is 14.1 Å². The molecule has 0 bridgehead atoms. The number of imidazole rings is 1. The molecule has 0 spiro atoms. The van der Waals surface area contributed by atoms with E-state index in [1.807, 2.05) is 36.7 Å². The second-order valence-corrected chi connectivity index (χ2v) is 8.94. The molecule has 0 radical (unpaired) electrons. The Kier molecular flexibility index (Phi) is 3.63. The van der Waals surface area contributed by atoms with Crippen molar-refractivity contribution < 1.29 is 4.42 Å². The van der Waals surface area contributed by atoms with Crippen molar-refractivity contribution in [3.8, 4) is 11.4 Å². The van der Waals surface area contributed by atoms with Crippen LogP contribution in [0.15, 0.2) is 120 Å². The average Bonchev–Trinajstić information content (AvgIpc) is 3.59. The zero-order valence-electron chi connectivity index (χ0n) is 18.7. The molecule has 0 N–H and O–H groups in total. The minimum Gasteiger partial charge on any atom is -0.456 e. The molecule has 3 heterocycles. The smallest absolute Gasteiger partial charge is 0.136 e. The van der Waals surface area contributed by atoms with Gasteiger partial charge in [0.15, 0.2) is 0 Å². The maximum atomic E-state index is 6.20. The Hall–Kier alpha value is -4.83. The summed E-state index contributed by atoms with van der Waals surface area (Å²) in [6.45, 7) is 0. The summed E-state index contributed by atoms with van der Waals surface area (Å²) in [4.78, 5) is 4.74. The van der Waals surface area contributed by atoms with Gasteiger partial charge in [-0.2, -0.15) is 0 Å². The first kappa shape index (κ1) is 18.6. The van der Waals surface area contributed by atoms with Crippen molar-refractivity contribution in [2.75, 3.05) is 0 Å². The van der Waals surface area contributed by atoms with Gasteiger partial charge in [0.1, 0.15) is 17.5 Å². The van der Waals surface area contributed by atoms with Crippen LogP contribution >= 0.6 is 0 Å². The zero-order valence-corrected chi connectivity index (χ0v) is 18.7. The molecular formula is C31H19N3O. The normalized spacial score (nSPS) is 12.0. The lowest BCUT2D eigenvalue weighted by Crippen LogP contribution is -1.95. The molecule has 4 heteroatoms. The van der Waals surface area contributed by atoms with Gasteiger partial charge in [0.25, 0.3) is 0 Å². The number of hydrogen-bond acceptors (Lipinski definition) is 2. The predicted octanol–water partition coefficient (Wildman–Crippen LogP) is 8.02. The molecule has 0 aliphatic carbocycles. The van der Waals surface area contributed by atoms with Crippen molar-refractivity contribution in [1.29, 1.82) is 0 Å². The lowest BCUT2D eigenvalue weighted by molar-refractivity contribution is 0.669. The molecule has 3 aromatic heterocycles. The molecule has 4 nitrogen and oxygen atoms in total. The fraction of sp³-hybridized carbons (Fsp3) is 0. The van der Waals surface area contributed by atoms with Gasteiger partial charge in [0.2, 0.25) is 0 Å². The summed E-state index contributed by atoms with van der Waals surface area (Å²) in [5, 5.41) is 4.66. The summed E-state index contributed by atoms with van der Waals surface area (Å²) in [5.74, 6) is 0. The van der Waals surface area contributed by atoms with Crippen molar-refractivity contribution in [1.82, 2.24) is 14.1 Å². The lowest BCUT2D eigenvalue weighted by Gasteiger charge is -2.09. The Morgan fingerprint density at radius 1 is 0.514 bits per heavy atom. The van der Waals surface area contributed by atoms with Gasteiger partial charge in [-0.25, -0.2) is 4.98 Å². The first-order valence-electron chi connectivity index (χ1n) is 11.7. The van der Waals surface area contributed by atoms with Gasteiger partial charge in [-0.15, -0.1) is 0 Å². The van der Waals surface area contributed by atoms with E-state index in [1.165, 1.54) is 16.3 Å². The van der Waals surface area contributed by atoms with Crippen LogP contribution in [0.25, 0.3) is 66.2 Å². The van der Waals surface area contributed by atoms with Crippen molar-refractivity contribution >= 4 is 54.8 Å². The Balaban J connectivity index is 1.43. The predicted molar refractivity (Wildman–Crippen MR) is 143 cm³/mol. The molecule has 35 heavy (non-hydrogen) atoms. The van der Waals surface area contributed by atoms with Crippen LogP contribution in [0.3, 0.4) is 0 Å². The topological polar surface area (TPSA) is 35.9 Å². The Morgan fingerprint density at radius 3 is 2.23 bits per heavy atom. The molecule has 0 fully saturated rings. The summed E-state index contributed by atoms with van der Waals surface area (Å²) >= 11 is 0. The summed E-state index contributed by atoms with van der Waals surface area (Å²) in [6, 6.07) is 38.1. The molecule has 0 amide bonds. The van der Waals surface area contributed by atoms with Gasteiger partial charge in [-0.1, -0.05) is 54.6 Å². The van der Waals surface area contributed by atoms with E-state index in [0.717, 1.165) is 49.9 Å². The molecule has 8 rings (SSSR count). The first-order valence-corrected chi connectivity index (χ1v) is 11.7. The van der Waals surface area contributed by atoms with E-state index in [2.05, 4.69) is 88.0 Å². The Labute approximate surface area is 200 Å². The van der Waals surface area contributed by atoms with Crippen molar-refractivity contribution in [2.45, 2.75) is 0 Å². The van der Waals surface area contributed by atoms with Crippen LogP contribution in [0.1, 0.15) is 0 Å². The molecule has 5 aromatic carbocycles. The van der Waals surface area contributed by atoms with Crippen LogP contribution < -0.4 is 0 Å². The minimum atomic E-state index is 0.915. The highest BCUT2D eigenvalue weighted by molar-refractivity contribution is 6.17. The fourth-order valence-corrected chi connectivity index (χ4v) is 5.40. The van der Waals surface area contributed by atoms with E-state index in [4.69, 9.17) is 9.40 Å². The molecule has 0 unspecified atom stereocenters. The van der Waals surface area contributed by atoms with Gasteiger partial charge >= 0.3 is 0 Å². The number of hydrogen-bond donors (Lipinski definition) is 0. The second kappa shape index (κ2) is 6.84. The van der Waals surface area contributed by atoms with Crippen molar-refractivity contribution in [3.05, 3.63) is 116 Å². The number of furan rings is 1. The number of para-hydroxylation sites is 3. The maximum absolute atomic E-state index is 6.20. The van der Waals surface area contributed by atoms with Crippen LogP contribution in [0, 0.1) is 0 Å². The monoisotopic (exact) mass is 449 g/mol. The SMILES string of the molecule is c1ccc(-n2cnc3cc(-n4c5ccccc5c5cc6oc7ccccc7c6cc54)ccc32)cc1. The second-order valence-electron chi connectivity index (χ2n) is 8.94. The first-order chi connectivity index (χ1) is 17.3. The molecule has 8 aromatic rings. The summed E-state index contributed by atoms with van der Waals surface area (Å²) in [6.07, 6.45) is 1.90. The van der Waals surface area contributed by atoms with Crippen molar-refractivity contribution in [3.63, 3.8) is 0 Å². The van der Waals surface area contributed by atoms with Gasteiger partial charge in [0.05, 0.1) is 22.1 Å². The molecule has 164 valence electrons. The highest BCUT2D eigenvalue weighted by atomic mass is 16.3. The number of nitrogens with zero attached hydrogens (tertiary/aromatic N) is 3. The number of fused-ring (bicyclic) bond motifs is 7. The van der Waals surface area contributed by atoms with Gasteiger partial charge in [-0.3, -0.25) is 4.57 Å². The van der Waals surface area contributed by atoms with E-state index in [9.17, 15) is 0 Å². The fourth-order valence-electron chi connectivity index (χ4n) is 5.40.